The van der Waals surface area contributed by atoms with Crippen LogP contribution in [-0.4, -0.2) is 48.6 Å². The van der Waals surface area contributed by atoms with Crippen molar-refractivity contribution in [2.75, 3.05) is 6.54 Å². The number of aliphatic imine (C=N–C) groups is 1. The van der Waals surface area contributed by atoms with Gasteiger partial charge in [0.1, 0.15) is 17.2 Å². The number of fused-ring (bicyclic) bond motifs is 2. The first-order valence-corrected chi connectivity index (χ1v) is 16.8. The Morgan fingerprint density at radius 3 is 2.30 bits per heavy atom. The maximum atomic E-state index is 14.1. The molecule has 1 heterocycles. The standard InChI is InChI=1S/C32H38F4N4O3S/c1-31(30(41)38-25-5-3-2-4-6-25)19-37-29(39-31)27-17-28(22-15-21(27)16-22)40(44(42,43)26-13-11-24(33)12-14-26)18-20-7-9-23(10-8-20)32(34,35)36/h7-14,21-22,25,27-28H,2-6,15-19H2,1H3,(H,37,39)(H,38,41)/t21?,22?,27?,28?,31-/m1/s1. The molecule has 44 heavy (non-hydrogen) atoms. The van der Waals surface area contributed by atoms with Crippen molar-refractivity contribution in [3.05, 3.63) is 65.5 Å². The lowest BCUT2D eigenvalue weighted by Crippen LogP contribution is -2.61. The van der Waals surface area contributed by atoms with Crippen molar-refractivity contribution in [1.82, 2.24) is 14.9 Å². The molecule has 7 rings (SSSR count). The summed E-state index contributed by atoms with van der Waals surface area (Å²) in [5.74, 6) is 0.348. The van der Waals surface area contributed by atoms with Crippen LogP contribution in [0, 0.1) is 23.6 Å². The number of halogens is 4. The van der Waals surface area contributed by atoms with Crippen LogP contribution in [0.25, 0.3) is 0 Å². The molecule has 5 aliphatic rings. The van der Waals surface area contributed by atoms with Crippen molar-refractivity contribution in [2.45, 2.75) is 93.5 Å². The molecule has 2 bridgehead atoms. The first-order chi connectivity index (χ1) is 20.8. The zero-order valence-electron chi connectivity index (χ0n) is 24.6. The monoisotopic (exact) mass is 634 g/mol. The minimum Gasteiger partial charge on any atom is -0.358 e. The van der Waals surface area contributed by atoms with Crippen LogP contribution in [0.4, 0.5) is 17.6 Å². The Morgan fingerprint density at radius 2 is 1.66 bits per heavy atom. The zero-order valence-corrected chi connectivity index (χ0v) is 25.4. The first-order valence-electron chi connectivity index (χ1n) is 15.4. The molecular weight excluding hydrogens is 596 g/mol. The topological polar surface area (TPSA) is 90.9 Å². The summed E-state index contributed by atoms with van der Waals surface area (Å²) in [7, 11) is -4.14. The summed E-state index contributed by atoms with van der Waals surface area (Å²) in [6.45, 7) is 2.01. The fraction of sp³-hybridized carbons (Fsp3) is 0.562. The Kier molecular flexibility index (Phi) is 8.28. The maximum absolute atomic E-state index is 14.1. The number of nitrogens with zero attached hydrogens (tertiary/aromatic N) is 2. The molecule has 0 radical (unpaired) electrons. The van der Waals surface area contributed by atoms with E-state index in [1.54, 1.807) is 0 Å². The third kappa shape index (κ3) is 6.11. The molecule has 4 fully saturated rings. The second-order valence-electron chi connectivity index (χ2n) is 13.1. The second kappa shape index (κ2) is 11.7. The molecule has 0 saturated heterocycles. The number of carbonyl (C=O) groups excluding carboxylic acids is 1. The van der Waals surface area contributed by atoms with Gasteiger partial charge >= 0.3 is 6.18 Å². The first kappa shape index (κ1) is 31.0. The van der Waals surface area contributed by atoms with Crippen LogP contribution >= 0.6 is 0 Å². The molecular formula is C32H38F4N4O3S. The predicted octanol–water partition coefficient (Wildman–Crippen LogP) is 5.66. The van der Waals surface area contributed by atoms with Crippen LogP contribution in [0.3, 0.4) is 0 Å². The van der Waals surface area contributed by atoms with Gasteiger partial charge in [-0.2, -0.15) is 17.5 Å². The second-order valence-corrected chi connectivity index (χ2v) is 15.0. The molecule has 7 nitrogen and oxygen atoms in total. The van der Waals surface area contributed by atoms with Gasteiger partial charge in [0.15, 0.2) is 0 Å². The molecule has 1 aliphatic heterocycles. The van der Waals surface area contributed by atoms with E-state index in [0.29, 0.717) is 30.3 Å². The van der Waals surface area contributed by atoms with Crippen molar-refractivity contribution in [3.63, 3.8) is 0 Å². The van der Waals surface area contributed by atoms with Gasteiger partial charge in [0.2, 0.25) is 15.9 Å². The minimum absolute atomic E-state index is 0.0731. The van der Waals surface area contributed by atoms with E-state index in [1.165, 1.54) is 35.0 Å². The maximum Gasteiger partial charge on any atom is 0.416 e. The lowest BCUT2D eigenvalue weighted by molar-refractivity contribution is -0.137. The number of benzene rings is 2. The van der Waals surface area contributed by atoms with Crippen molar-refractivity contribution in [1.29, 1.82) is 0 Å². The summed E-state index contributed by atoms with van der Waals surface area (Å²) < 4.78 is 82.8. The minimum atomic E-state index is -4.51. The van der Waals surface area contributed by atoms with Gasteiger partial charge in [-0.3, -0.25) is 9.79 Å². The summed E-state index contributed by atoms with van der Waals surface area (Å²) in [5, 5.41) is 6.61. The highest BCUT2D eigenvalue weighted by molar-refractivity contribution is 7.89. The predicted molar refractivity (Wildman–Crippen MR) is 158 cm³/mol. The van der Waals surface area contributed by atoms with Crippen molar-refractivity contribution in [2.24, 2.45) is 22.7 Å². The molecule has 3 atom stereocenters. The Bertz CT molecular complexity index is 1500. The summed E-state index contributed by atoms with van der Waals surface area (Å²) in [6.07, 6.45) is 2.86. The lowest BCUT2D eigenvalue weighted by Gasteiger charge is -2.54. The van der Waals surface area contributed by atoms with Gasteiger partial charge in [-0.15, -0.1) is 0 Å². The average Bonchev–Trinajstić information content (AvgIpc) is 3.39. The van der Waals surface area contributed by atoms with Gasteiger partial charge in [-0.05, 0) is 92.8 Å². The van der Waals surface area contributed by atoms with E-state index in [4.69, 9.17) is 4.99 Å². The lowest BCUT2D eigenvalue weighted by atomic mass is 9.57. The van der Waals surface area contributed by atoms with Crippen LogP contribution in [0.5, 0.6) is 0 Å². The molecule has 2 aromatic rings. The molecule has 0 spiro atoms. The van der Waals surface area contributed by atoms with Crippen LogP contribution in [-0.2, 0) is 27.5 Å². The fourth-order valence-corrected chi connectivity index (χ4v) is 9.01. The summed E-state index contributed by atoms with van der Waals surface area (Å²) in [4.78, 5) is 18.0. The van der Waals surface area contributed by atoms with Gasteiger partial charge in [-0.25, -0.2) is 12.8 Å². The van der Waals surface area contributed by atoms with E-state index in [-0.39, 0.29) is 35.2 Å². The normalized spacial score (nSPS) is 29.1. The van der Waals surface area contributed by atoms with E-state index in [9.17, 15) is 30.8 Å². The van der Waals surface area contributed by atoms with Crippen LogP contribution < -0.4 is 10.6 Å². The number of rotatable bonds is 8. The Morgan fingerprint density at radius 1 is 1.00 bits per heavy atom. The van der Waals surface area contributed by atoms with Crippen molar-refractivity contribution >= 4 is 21.8 Å². The Labute approximate surface area is 255 Å². The summed E-state index contributed by atoms with van der Waals surface area (Å²) >= 11 is 0. The highest BCUT2D eigenvalue weighted by Crippen LogP contribution is 2.52. The van der Waals surface area contributed by atoms with Gasteiger partial charge in [-0.1, -0.05) is 31.4 Å². The molecule has 12 heteroatoms. The molecule has 2 N–H and O–H groups in total. The average molecular weight is 635 g/mol. The van der Waals surface area contributed by atoms with Gasteiger partial charge < -0.3 is 10.6 Å². The van der Waals surface area contributed by atoms with E-state index in [2.05, 4.69) is 10.6 Å². The number of amides is 1. The van der Waals surface area contributed by atoms with E-state index in [0.717, 1.165) is 62.8 Å². The zero-order chi connectivity index (χ0) is 31.3. The van der Waals surface area contributed by atoms with Crippen LogP contribution in [0.2, 0.25) is 0 Å². The molecule has 2 unspecified atom stereocenters. The Hall–Kier alpha value is -2.99. The number of amidine groups is 1. The molecule has 4 aliphatic carbocycles. The SMILES string of the molecule is C[C@]1(C(=O)NC2CCCCC2)CN=C(C2CC(N(Cc3ccc(C(F)(F)F)cc3)S(=O)(=O)c3ccc(F)cc3)C3CC2C3)N1. The number of carbonyl (C=O) groups is 1. The van der Waals surface area contributed by atoms with Gasteiger partial charge in [0, 0.05) is 24.5 Å². The number of alkyl halides is 3. The molecule has 4 saturated carbocycles. The number of sulfonamides is 1. The highest BCUT2D eigenvalue weighted by Gasteiger charge is 2.53. The fourth-order valence-electron chi connectivity index (χ4n) is 7.32. The Balaban J connectivity index is 1.23. The highest BCUT2D eigenvalue weighted by atomic mass is 32.2. The van der Waals surface area contributed by atoms with E-state index in [1.807, 2.05) is 6.92 Å². The van der Waals surface area contributed by atoms with Crippen molar-refractivity contribution < 1.29 is 30.8 Å². The van der Waals surface area contributed by atoms with Gasteiger partial charge in [0.05, 0.1) is 17.0 Å². The van der Waals surface area contributed by atoms with Crippen molar-refractivity contribution in [3.8, 4) is 0 Å². The smallest absolute Gasteiger partial charge is 0.358 e. The quantitative estimate of drug-likeness (QED) is 0.367. The molecule has 2 aromatic carbocycles. The summed E-state index contributed by atoms with van der Waals surface area (Å²) in [5.41, 5.74) is -1.28. The summed E-state index contributed by atoms with van der Waals surface area (Å²) in [6, 6.07) is 8.84. The van der Waals surface area contributed by atoms with Crippen LogP contribution in [0.15, 0.2) is 58.4 Å². The van der Waals surface area contributed by atoms with E-state index < -0.39 is 39.2 Å². The number of nitrogens with one attached hydrogen (secondary N) is 2. The largest absolute Gasteiger partial charge is 0.416 e. The van der Waals surface area contributed by atoms with Crippen LogP contribution in [0.1, 0.15) is 69.4 Å². The molecule has 0 aromatic heterocycles. The molecule has 1 amide bonds. The third-order valence-corrected chi connectivity index (χ3v) is 11.9. The molecule has 238 valence electrons. The number of hydrogen-bond donors (Lipinski definition) is 2. The van der Waals surface area contributed by atoms with Gasteiger partial charge in [0.25, 0.3) is 0 Å². The third-order valence-electron chi connectivity index (χ3n) is 9.99. The number of hydrogen-bond acceptors (Lipinski definition) is 5. The van der Waals surface area contributed by atoms with E-state index >= 15 is 0 Å².